The number of anilines is 1. The summed E-state index contributed by atoms with van der Waals surface area (Å²) in [6.45, 7) is 3.30. The topological polar surface area (TPSA) is 76.0 Å². The van der Waals surface area contributed by atoms with Crippen LogP contribution in [0.5, 0.6) is 0 Å². The number of carbonyl (C=O) groups excluding carboxylic acids is 2. The molecular weight excluding hydrogens is 378 g/mol. The maximum atomic E-state index is 12.6. The average molecular weight is 399 g/mol. The first-order valence-electron chi connectivity index (χ1n) is 8.42. The van der Waals surface area contributed by atoms with Gasteiger partial charge in [0, 0.05) is 16.8 Å². The van der Waals surface area contributed by atoms with Crippen LogP contribution in [0.3, 0.4) is 0 Å². The van der Waals surface area contributed by atoms with Gasteiger partial charge in [-0.15, -0.1) is 0 Å². The maximum absolute atomic E-state index is 12.6. The fourth-order valence-electron chi connectivity index (χ4n) is 2.44. The molecule has 0 bridgehead atoms. The van der Waals surface area contributed by atoms with Gasteiger partial charge in [0.1, 0.15) is 12.6 Å². The van der Waals surface area contributed by atoms with Gasteiger partial charge in [-0.25, -0.2) is 8.78 Å². The Bertz CT molecular complexity index is 778. The third-order valence-corrected chi connectivity index (χ3v) is 3.91. The molecule has 1 aromatic heterocycles. The highest BCUT2D eigenvalue weighted by molar-refractivity contribution is 6.30. The van der Waals surface area contributed by atoms with Crippen LogP contribution in [-0.2, 0) is 11.3 Å². The number of nitrogens with one attached hydrogen (secondary N) is 2. The SMILES string of the molecule is CC(C)CC(NC(=O)c1ccc(Cl)cc1)C(=O)Nc1cnn(CC(F)F)c1. The van der Waals surface area contributed by atoms with Crippen molar-refractivity contribution in [2.45, 2.75) is 39.3 Å². The molecule has 0 radical (unpaired) electrons. The predicted octanol–water partition coefficient (Wildman–Crippen LogP) is 3.58. The molecule has 0 aliphatic carbocycles. The molecule has 1 unspecified atom stereocenters. The second-order valence-corrected chi connectivity index (χ2v) is 6.93. The lowest BCUT2D eigenvalue weighted by Gasteiger charge is -2.20. The summed E-state index contributed by atoms with van der Waals surface area (Å²) in [7, 11) is 0. The number of aromatic nitrogens is 2. The van der Waals surface area contributed by atoms with E-state index in [2.05, 4.69) is 15.7 Å². The van der Waals surface area contributed by atoms with E-state index in [0.29, 0.717) is 17.0 Å². The molecule has 2 amide bonds. The molecule has 27 heavy (non-hydrogen) atoms. The van der Waals surface area contributed by atoms with Crippen LogP contribution in [0, 0.1) is 5.92 Å². The van der Waals surface area contributed by atoms with Gasteiger partial charge >= 0.3 is 0 Å². The Morgan fingerprint density at radius 1 is 1.22 bits per heavy atom. The second kappa shape index (κ2) is 9.45. The summed E-state index contributed by atoms with van der Waals surface area (Å²) in [6.07, 6.45) is 0.475. The molecule has 2 N–H and O–H groups in total. The first-order valence-corrected chi connectivity index (χ1v) is 8.80. The summed E-state index contributed by atoms with van der Waals surface area (Å²) in [5.74, 6) is -0.698. The highest BCUT2D eigenvalue weighted by Gasteiger charge is 2.23. The molecule has 2 rings (SSSR count). The monoisotopic (exact) mass is 398 g/mol. The van der Waals surface area contributed by atoms with Crippen molar-refractivity contribution in [3.05, 3.63) is 47.2 Å². The molecule has 0 aliphatic rings. The van der Waals surface area contributed by atoms with Gasteiger partial charge < -0.3 is 10.6 Å². The van der Waals surface area contributed by atoms with Crippen LogP contribution in [-0.4, -0.2) is 34.1 Å². The standard InChI is InChI=1S/C18H21ClF2N4O2/c1-11(2)7-15(24-17(26)12-3-5-13(19)6-4-12)18(27)23-14-8-22-25(9-14)10-16(20)21/h3-6,8-9,11,15-16H,7,10H2,1-2H3,(H,23,27)(H,24,26). The average Bonchev–Trinajstić information content (AvgIpc) is 3.00. The zero-order valence-electron chi connectivity index (χ0n) is 15.0. The van der Waals surface area contributed by atoms with Crippen molar-refractivity contribution in [3.8, 4) is 0 Å². The quantitative estimate of drug-likeness (QED) is 0.713. The minimum Gasteiger partial charge on any atom is -0.340 e. The number of alkyl halides is 2. The molecule has 0 fully saturated rings. The molecule has 0 aliphatic heterocycles. The van der Waals surface area contributed by atoms with Gasteiger partial charge in [-0.3, -0.25) is 14.3 Å². The van der Waals surface area contributed by atoms with E-state index in [9.17, 15) is 18.4 Å². The molecule has 9 heteroatoms. The molecule has 1 atom stereocenters. The van der Waals surface area contributed by atoms with Gasteiger partial charge in [-0.05, 0) is 36.6 Å². The van der Waals surface area contributed by atoms with Crippen LogP contribution in [0.4, 0.5) is 14.5 Å². The number of nitrogens with zero attached hydrogens (tertiary/aromatic N) is 2. The molecule has 2 aromatic rings. The smallest absolute Gasteiger partial charge is 0.257 e. The lowest BCUT2D eigenvalue weighted by atomic mass is 10.0. The number of carbonyl (C=O) groups is 2. The van der Waals surface area contributed by atoms with Gasteiger partial charge in [0.05, 0.1) is 11.9 Å². The van der Waals surface area contributed by atoms with Crippen molar-refractivity contribution in [3.63, 3.8) is 0 Å². The largest absolute Gasteiger partial charge is 0.340 e. The van der Waals surface area contributed by atoms with Gasteiger partial charge in [-0.2, -0.15) is 5.10 Å². The fraction of sp³-hybridized carbons (Fsp3) is 0.389. The Morgan fingerprint density at radius 2 is 1.89 bits per heavy atom. The molecule has 0 saturated carbocycles. The third-order valence-electron chi connectivity index (χ3n) is 3.66. The highest BCUT2D eigenvalue weighted by Crippen LogP contribution is 2.13. The first kappa shape index (κ1) is 20.8. The molecule has 1 heterocycles. The van der Waals surface area contributed by atoms with Crippen LogP contribution in [0.25, 0.3) is 0 Å². The van der Waals surface area contributed by atoms with Gasteiger partial charge in [0.25, 0.3) is 12.3 Å². The van der Waals surface area contributed by atoms with Crippen LogP contribution in [0.1, 0.15) is 30.6 Å². The van der Waals surface area contributed by atoms with E-state index in [0.717, 1.165) is 4.68 Å². The van der Waals surface area contributed by atoms with Crippen molar-refractivity contribution >= 4 is 29.1 Å². The number of rotatable bonds is 8. The molecule has 0 saturated heterocycles. The summed E-state index contributed by atoms with van der Waals surface area (Å²) < 4.78 is 25.8. The number of halogens is 3. The summed E-state index contributed by atoms with van der Waals surface area (Å²) in [5.41, 5.74) is 0.667. The van der Waals surface area contributed by atoms with E-state index < -0.39 is 30.8 Å². The van der Waals surface area contributed by atoms with Crippen LogP contribution in [0.2, 0.25) is 5.02 Å². The van der Waals surface area contributed by atoms with E-state index in [-0.39, 0.29) is 11.6 Å². The summed E-state index contributed by atoms with van der Waals surface area (Å²) >= 11 is 5.81. The zero-order chi connectivity index (χ0) is 20.0. The Kier molecular flexibility index (Phi) is 7.29. The van der Waals surface area contributed by atoms with E-state index in [1.54, 1.807) is 24.3 Å². The van der Waals surface area contributed by atoms with Crippen molar-refractivity contribution in [1.82, 2.24) is 15.1 Å². The first-order chi connectivity index (χ1) is 12.7. The van der Waals surface area contributed by atoms with E-state index >= 15 is 0 Å². The molecule has 6 nitrogen and oxygen atoms in total. The second-order valence-electron chi connectivity index (χ2n) is 6.49. The van der Waals surface area contributed by atoms with Crippen molar-refractivity contribution in [2.24, 2.45) is 5.92 Å². The van der Waals surface area contributed by atoms with Gasteiger partial charge in [0.15, 0.2) is 0 Å². The molecular formula is C18H21ClF2N4O2. The summed E-state index contributed by atoms with van der Waals surface area (Å²) in [5, 5.41) is 9.58. The normalized spacial score (nSPS) is 12.3. The van der Waals surface area contributed by atoms with Crippen LogP contribution < -0.4 is 10.6 Å². The number of hydrogen-bond acceptors (Lipinski definition) is 3. The Balaban J connectivity index is 2.05. The fourth-order valence-corrected chi connectivity index (χ4v) is 2.57. The van der Waals surface area contributed by atoms with Crippen molar-refractivity contribution in [1.29, 1.82) is 0 Å². The van der Waals surface area contributed by atoms with E-state index in [4.69, 9.17) is 11.6 Å². The minimum atomic E-state index is -2.54. The van der Waals surface area contributed by atoms with Crippen LogP contribution in [0.15, 0.2) is 36.7 Å². The lowest BCUT2D eigenvalue weighted by Crippen LogP contribution is -2.44. The number of amides is 2. The summed E-state index contributed by atoms with van der Waals surface area (Å²) in [4.78, 5) is 25.0. The third kappa shape index (κ3) is 6.63. The number of benzene rings is 1. The van der Waals surface area contributed by atoms with Gasteiger partial charge in [0.2, 0.25) is 5.91 Å². The lowest BCUT2D eigenvalue weighted by molar-refractivity contribution is -0.118. The summed E-state index contributed by atoms with van der Waals surface area (Å²) in [6, 6.07) is 5.52. The Morgan fingerprint density at radius 3 is 2.48 bits per heavy atom. The maximum Gasteiger partial charge on any atom is 0.257 e. The Labute approximate surface area is 160 Å². The predicted molar refractivity (Wildman–Crippen MR) is 99.0 cm³/mol. The molecule has 146 valence electrons. The van der Waals surface area contributed by atoms with E-state index in [1.807, 2.05) is 13.8 Å². The zero-order valence-corrected chi connectivity index (χ0v) is 15.7. The number of hydrogen-bond donors (Lipinski definition) is 2. The molecule has 1 aromatic carbocycles. The van der Waals surface area contributed by atoms with Gasteiger partial charge in [-0.1, -0.05) is 25.4 Å². The van der Waals surface area contributed by atoms with Crippen molar-refractivity contribution < 1.29 is 18.4 Å². The Hall–Kier alpha value is -2.48. The van der Waals surface area contributed by atoms with Crippen LogP contribution >= 0.6 is 11.6 Å². The van der Waals surface area contributed by atoms with Crippen molar-refractivity contribution in [2.75, 3.05) is 5.32 Å². The molecule has 0 spiro atoms. The highest BCUT2D eigenvalue weighted by atomic mass is 35.5. The van der Waals surface area contributed by atoms with E-state index in [1.165, 1.54) is 12.4 Å². The minimum absolute atomic E-state index is 0.146.